The summed E-state index contributed by atoms with van der Waals surface area (Å²) in [5.74, 6) is 0.0169. The SMILES string of the molecule is O=C1c2ccc(Cl)cc2CCN1c1cncc(CN2CCOCC2)c1. The predicted octanol–water partition coefficient (Wildman–Crippen LogP) is 2.77. The first-order valence-electron chi connectivity index (χ1n) is 8.55. The van der Waals surface area contributed by atoms with Crippen molar-refractivity contribution in [3.05, 3.63) is 58.4 Å². The van der Waals surface area contributed by atoms with E-state index in [2.05, 4.69) is 16.0 Å². The van der Waals surface area contributed by atoms with Gasteiger partial charge in [0.1, 0.15) is 0 Å². The Bertz CT molecular complexity index is 790. The van der Waals surface area contributed by atoms with Crippen molar-refractivity contribution in [3.8, 4) is 0 Å². The molecule has 25 heavy (non-hydrogen) atoms. The number of nitrogens with zero attached hydrogens (tertiary/aromatic N) is 3. The number of anilines is 1. The Morgan fingerprint density at radius 1 is 1.12 bits per heavy atom. The molecule has 1 saturated heterocycles. The number of rotatable bonds is 3. The number of fused-ring (bicyclic) bond motifs is 1. The second-order valence-electron chi connectivity index (χ2n) is 6.45. The molecule has 2 aliphatic heterocycles. The van der Waals surface area contributed by atoms with Crippen LogP contribution in [0, 0.1) is 0 Å². The maximum absolute atomic E-state index is 12.9. The molecule has 6 heteroatoms. The minimum atomic E-state index is 0.0169. The summed E-state index contributed by atoms with van der Waals surface area (Å²) in [5, 5.41) is 0.675. The first kappa shape index (κ1) is 16.5. The Morgan fingerprint density at radius 3 is 2.80 bits per heavy atom. The first-order valence-corrected chi connectivity index (χ1v) is 8.93. The molecule has 0 radical (unpaired) electrons. The number of ether oxygens (including phenoxy) is 1. The molecule has 0 unspecified atom stereocenters. The average molecular weight is 358 g/mol. The fraction of sp³-hybridized carbons (Fsp3) is 0.368. The molecule has 0 spiro atoms. The molecule has 1 aromatic heterocycles. The number of carbonyl (C=O) groups is 1. The van der Waals surface area contributed by atoms with Gasteiger partial charge in [0.25, 0.3) is 5.91 Å². The number of hydrogen-bond donors (Lipinski definition) is 0. The number of aromatic nitrogens is 1. The van der Waals surface area contributed by atoms with Gasteiger partial charge in [0, 0.05) is 43.0 Å². The highest BCUT2D eigenvalue weighted by Gasteiger charge is 2.26. The minimum absolute atomic E-state index is 0.0169. The van der Waals surface area contributed by atoms with E-state index < -0.39 is 0 Å². The fourth-order valence-electron chi connectivity index (χ4n) is 3.43. The summed E-state index contributed by atoms with van der Waals surface area (Å²) in [7, 11) is 0. The number of amides is 1. The summed E-state index contributed by atoms with van der Waals surface area (Å²) in [6.45, 7) is 4.89. The van der Waals surface area contributed by atoms with Gasteiger partial charge in [-0.1, -0.05) is 11.6 Å². The number of pyridine rings is 1. The molecule has 2 aliphatic rings. The molecule has 2 aromatic rings. The fourth-order valence-corrected chi connectivity index (χ4v) is 3.62. The normalized spacial score (nSPS) is 18.3. The van der Waals surface area contributed by atoms with Crippen LogP contribution in [0.5, 0.6) is 0 Å². The van der Waals surface area contributed by atoms with Crippen LogP contribution in [-0.4, -0.2) is 48.6 Å². The Morgan fingerprint density at radius 2 is 1.96 bits per heavy atom. The van der Waals surface area contributed by atoms with Gasteiger partial charge < -0.3 is 9.64 Å². The monoisotopic (exact) mass is 357 g/mol. The summed E-state index contributed by atoms with van der Waals surface area (Å²) < 4.78 is 5.39. The van der Waals surface area contributed by atoms with Crippen LogP contribution in [0.4, 0.5) is 5.69 Å². The third-order valence-corrected chi connectivity index (χ3v) is 4.98. The van der Waals surface area contributed by atoms with Crippen LogP contribution in [0.1, 0.15) is 21.5 Å². The zero-order chi connectivity index (χ0) is 17.2. The quantitative estimate of drug-likeness (QED) is 0.847. The van der Waals surface area contributed by atoms with Crippen molar-refractivity contribution < 1.29 is 9.53 Å². The van der Waals surface area contributed by atoms with Crippen molar-refractivity contribution in [1.82, 2.24) is 9.88 Å². The van der Waals surface area contributed by atoms with Gasteiger partial charge in [-0.05, 0) is 41.8 Å². The highest BCUT2D eigenvalue weighted by atomic mass is 35.5. The lowest BCUT2D eigenvalue weighted by molar-refractivity contribution is 0.0341. The van der Waals surface area contributed by atoms with Crippen LogP contribution in [0.3, 0.4) is 0 Å². The maximum Gasteiger partial charge on any atom is 0.258 e. The van der Waals surface area contributed by atoms with Gasteiger partial charge in [0.15, 0.2) is 0 Å². The van der Waals surface area contributed by atoms with Crippen molar-refractivity contribution in [2.24, 2.45) is 0 Å². The summed E-state index contributed by atoms with van der Waals surface area (Å²) in [6, 6.07) is 7.55. The van der Waals surface area contributed by atoms with Crippen LogP contribution < -0.4 is 4.90 Å². The van der Waals surface area contributed by atoms with E-state index >= 15 is 0 Å². The van der Waals surface area contributed by atoms with Crippen molar-refractivity contribution in [2.75, 3.05) is 37.7 Å². The second kappa shape index (κ2) is 7.12. The summed E-state index contributed by atoms with van der Waals surface area (Å²) in [4.78, 5) is 21.4. The molecule has 0 saturated carbocycles. The van der Waals surface area contributed by atoms with Crippen LogP contribution in [0.2, 0.25) is 5.02 Å². The molecular formula is C19H20ClN3O2. The first-order chi connectivity index (χ1) is 12.2. The molecular weight excluding hydrogens is 338 g/mol. The van der Waals surface area contributed by atoms with E-state index in [1.54, 1.807) is 12.3 Å². The highest BCUT2D eigenvalue weighted by molar-refractivity contribution is 6.30. The minimum Gasteiger partial charge on any atom is -0.379 e. The Hall–Kier alpha value is -1.95. The molecule has 0 N–H and O–H groups in total. The number of morpholine rings is 1. The van der Waals surface area contributed by atoms with E-state index in [-0.39, 0.29) is 5.91 Å². The standard InChI is InChI=1S/C19H20ClN3O2/c20-16-1-2-18-15(10-16)3-4-23(19(18)24)17-9-14(11-21-12-17)13-22-5-7-25-8-6-22/h1-2,9-12H,3-8,13H2. The lowest BCUT2D eigenvalue weighted by Crippen LogP contribution is -2.38. The van der Waals surface area contributed by atoms with Crippen molar-refractivity contribution in [1.29, 1.82) is 0 Å². The van der Waals surface area contributed by atoms with Gasteiger partial charge in [-0.25, -0.2) is 0 Å². The third-order valence-electron chi connectivity index (χ3n) is 4.75. The zero-order valence-electron chi connectivity index (χ0n) is 13.9. The largest absolute Gasteiger partial charge is 0.379 e. The van der Waals surface area contributed by atoms with Gasteiger partial charge in [0.2, 0.25) is 0 Å². The van der Waals surface area contributed by atoms with Gasteiger partial charge in [-0.2, -0.15) is 0 Å². The van der Waals surface area contributed by atoms with E-state index in [0.717, 1.165) is 61.6 Å². The molecule has 1 amide bonds. The summed E-state index contributed by atoms with van der Waals surface area (Å²) in [5.41, 5.74) is 3.73. The van der Waals surface area contributed by atoms with Gasteiger partial charge in [-0.3, -0.25) is 14.7 Å². The van der Waals surface area contributed by atoms with Gasteiger partial charge in [0.05, 0.1) is 25.1 Å². The Balaban J connectivity index is 1.54. The topological polar surface area (TPSA) is 45.7 Å². The van der Waals surface area contributed by atoms with Gasteiger partial charge in [-0.15, -0.1) is 0 Å². The number of hydrogen-bond acceptors (Lipinski definition) is 4. The van der Waals surface area contributed by atoms with Crippen LogP contribution >= 0.6 is 11.6 Å². The molecule has 1 fully saturated rings. The van der Waals surface area contributed by atoms with E-state index in [4.69, 9.17) is 16.3 Å². The average Bonchev–Trinajstić information content (AvgIpc) is 2.63. The lowest BCUT2D eigenvalue weighted by Gasteiger charge is -2.29. The maximum atomic E-state index is 12.9. The molecule has 0 atom stereocenters. The van der Waals surface area contributed by atoms with E-state index in [0.29, 0.717) is 11.6 Å². The molecule has 130 valence electrons. The van der Waals surface area contributed by atoms with Crippen molar-refractivity contribution >= 4 is 23.2 Å². The molecule has 3 heterocycles. The van der Waals surface area contributed by atoms with E-state index in [1.807, 2.05) is 23.2 Å². The smallest absolute Gasteiger partial charge is 0.258 e. The number of halogens is 1. The third kappa shape index (κ3) is 3.54. The van der Waals surface area contributed by atoms with Crippen LogP contribution in [-0.2, 0) is 17.7 Å². The molecule has 0 aliphatic carbocycles. The van der Waals surface area contributed by atoms with Crippen LogP contribution in [0.25, 0.3) is 0 Å². The van der Waals surface area contributed by atoms with E-state index in [9.17, 15) is 4.79 Å². The molecule has 0 bridgehead atoms. The summed E-state index contributed by atoms with van der Waals surface area (Å²) in [6.07, 6.45) is 4.44. The predicted molar refractivity (Wildman–Crippen MR) is 97.2 cm³/mol. The molecule has 5 nitrogen and oxygen atoms in total. The Kier molecular flexibility index (Phi) is 4.70. The highest BCUT2D eigenvalue weighted by Crippen LogP contribution is 2.27. The molecule has 1 aromatic carbocycles. The second-order valence-corrected chi connectivity index (χ2v) is 6.88. The molecule has 4 rings (SSSR count). The van der Waals surface area contributed by atoms with Crippen molar-refractivity contribution in [3.63, 3.8) is 0 Å². The summed E-state index contributed by atoms with van der Waals surface area (Å²) >= 11 is 6.04. The number of benzene rings is 1. The zero-order valence-corrected chi connectivity index (χ0v) is 14.7. The Labute approximate surface area is 152 Å². The van der Waals surface area contributed by atoms with Gasteiger partial charge >= 0.3 is 0 Å². The van der Waals surface area contributed by atoms with Crippen LogP contribution in [0.15, 0.2) is 36.7 Å². The van der Waals surface area contributed by atoms with Crippen molar-refractivity contribution in [2.45, 2.75) is 13.0 Å². The lowest BCUT2D eigenvalue weighted by atomic mass is 9.98. The number of carbonyl (C=O) groups excluding carboxylic acids is 1. The van der Waals surface area contributed by atoms with E-state index in [1.165, 1.54) is 0 Å².